The Balaban J connectivity index is 1.73. The molecule has 28 heavy (non-hydrogen) atoms. The highest BCUT2D eigenvalue weighted by atomic mass is 19.1. The van der Waals surface area contributed by atoms with E-state index in [0.717, 1.165) is 5.56 Å². The molecule has 1 fully saturated rings. The van der Waals surface area contributed by atoms with Gasteiger partial charge in [0.15, 0.2) is 0 Å². The van der Waals surface area contributed by atoms with Crippen molar-refractivity contribution in [3.8, 4) is 0 Å². The number of nitrogens with one attached hydrogen (secondary N) is 1. The maximum Gasteiger partial charge on any atom is 0.307 e. The summed E-state index contributed by atoms with van der Waals surface area (Å²) in [5, 5.41) is 12.2. The number of halogens is 2. The molecule has 148 valence electrons. The number of aliphatic carboxylic acids is 1. The minimum Gasteiger partial charge on any atom is -0.481 e. The van der Waals surface area contributed by atoms with Crippen molar-refractivity contribution in [2.75, 3.05) is 18.4 Å². The second-order valence-corrected chi connectivity index (χ2v) is 7.18. The first-order valence-corrected chi connectivity index (χ1v) is 9.09. The van der Waals surface area contributed by atoms with E-state index in [4.69, 9.17) is 0 Å². The largest absolute Gasteiger partial charge is 0.481 e. The van der Waals surface area contributed by atoms with Crippen molar-refractivity contribution in [2.24, 2.45) is 11.8 Å². The molecule has 0 aliphatic carbocycles. The van der Waals surface area contributed by atoms with Crippen LogP contribution in [0.1, 0.15) is 17.5 Å². The van der Waals surface area contributed by atoms with E-state index in [1.165, 1.54) is 30.3 Å². The summed E-state index contributed by atoms with van der Waals surface area (Å²) in [6, 6.07) is 10.2. The van der Waals surface area contributed by atoms with Gasteiger partial charge in [0.25, 0.3) is 0 Å². The molecule has 0 aromatic heterocycles. The van der Waals surface area contributed by atoms with Gasteiger partial charge in [-0.05, 0) is 54.8 Å². The second-order valence-electron chi connectivity index (χ2n) is 7.18. The Bertz CT molecular complexity index is 870. The molecule has 2 N–H and O–H groups in total. The van der Waals surface area contributed by atoms with Gasteiger partial charge in [0.2, 0.25) is 5.91 Å². The number of benzene rings is 2. The summed E-state index contributed by atoms with van der Waals surface area (Å²) in [6.07, 6.45) is 0.223. The minimum absolute atomic E-state index is 0.223. The Kier molecular flexibility index (Phi) is 6.04. The average Bonchev–Trinajstić information content (AvgIpc) is 2.67. The van der Waals surface area contributed by atoms with Gasteiger partial charge in [-0.1, -0.05) is 12.1 Å². The van der Waals surface area contributed by atoms with Gasteiger partial charge in [0.05, 0.1) is 11.8 Å². The molecule has 1 aliphatic rings. The first-order valence-electron chi connectivity index (χ1n) is 9.09. The van der Waals surface area contributed by atoms with Gasteiger partial charge in [-0.2, -0.15) is 0 Å². The molecule has 0 bridgehead atoms. The van der Waals surface area contributed by atoms with E-state index in [1.54, 1.807) is 19.1 Å². The van der Waals surface area contributed by atoms with E-state index in [9.17, 15) is 23.5 Å². The lowest BCUT2D eigenvalue weighted by Crippen LogP contribution is -2.46. The number of nitrogens with zero attached hydrogens (tertiary/aromatic N) is 1. The van der Waals surface area contributed by atoms with Crippen LogP contribution in [0.3, 0.4) is 0 Å². The number of anilines is 1. The predicted octanol–water partition coefficient (Wildman–Crippen LogP) is 3.43. The zero-order valence-electron chi connectivity index (χ0n) is 15.5. The molecule has 0 unspecified atom stereocenters. The molecular weight excluding hydrogens is 366 g/mol. The number of hydrogen-bond acceptors (Lipinski definition) is 3. The van der Waals surface area contributed by atoms with E-state index in [-0.39, 0.29) is 18.1 Å². The third-order valence-corrected chi connectivity index (χ3v) is 5.13. The zero-order chi connectivity index (χ0) is 20.3. The van der Waals surface area contributed by atoms with Crippen molar-refractivity contribution in [3.05, 3.63) is 65.2 Å². The van der Waals surface area contributed by atoms with Crippen molar-refractivity contribution >= 4 is 17.6 Å². The topological polar surface area (TPSA) is 69.6 Å². The Morgan fingerprint density at radius 1 is 1.11 bits per heavy atom. The quantitative estimate of drug-likeness (QED) is 0.823. The number of likely N-dealkylation sites (tertiary alicyclic amines) is 1. The van der Waals surface area contributed by atoms with Crippen LogP contribution in [-0.4, -0.2) is 35.0 Å². The van der Waals surface area contributed by atoms with Crippen molar-refractivity contribution < 1.29 is 23.5 Å². The fraction of sp³-hybridized carbons (Fsp3) is 0.333. The standard InChI is InChI=1S/C21H22F2N2O3/c1-13-14(3-2-4-19(13)23)10-25-11-15(9-16(12-25)21(27)28)20(26)24-18-7-5-17(22)6-8-18/h2-8,15-16H,9-12H2,1H3,(H,24,26)(H,27,28)/t15-,16-/m1/s1. The summed E-state index contributed by atoms with van der Waals surface area (Å²) in [4.78, 5) is 26.1. The molecule has 0 spiro atoms. The van der Waals surface area contributed by atoms with Crippen LogP contribution in [0, 0.1) is 30.4 Å². The first-order chi connectivity index (χ1) is 13.3. The van der Waals surface area contributed by atoms with Gasteiger partial charge >= 0.3 is 5.97 Å². The summed E-state index contributed by atoms with van der Waals surface area (Å²) < 4.78 is 26.8. The Labute approximate surface area is 162 Å². The highest BCUT2D eigenvalue weighted by Gasteiger charge is 2.35. The number of amides is 1. The molecule has 7 heteroatoms. The van der Waals surface area contributed by atoms with Gasteiger partial charge in [-0.3, -0.25) is 14.5 Å². The van der Waals surface area contributed by atoms with Gasteiger partial charge < -0.3 is 10.4 Å². The number of piperidine rings is 1. The number of carbonyl (C=O) groups excluding carboxylic acids is 1. The fourth-order valence-electron chi connectivity index (χ4n) is 3.53. The number of carbonyl (C=O) groups is 2. The number of rotatable bonds is 5. The maximum absolute atomic E-state index is 13.8. The summed E-state index contributed by atoms with van der Waals surface area (Å²) in [6.45, 7) is 2.72. The van der Waals surface area contributed by atoms with Gasteiger partial charge in [-0.25, -0.2) is 8.78 Å². The van der Waals surface area contributed by atoms with Gasteiger partial charge in [0, 0.05) is 25.3 Å². The van der Waals surface area contributed by atoms with Crippen molar-refractivity contribution in [3.63, 3.8) is 0 Å². The van der Waals surface area contributed by atoms with Crippen LogP contribution in [0.5, 0.6) is 0 Å². The van der Waals surface area contributed by atoms with E-state index < -0.39 is 23.6 Å². The number of hydrogen-bond donors (Lipinski definition) is 2. The molecule has 2 atom stereocenters. The van der Waals surface area contributed by atoms with Crippen molar-refractivity contribution in [1.82, 2.24) is 4.90 Å². The summed E-state index contributed by atoms with van der Waals surface area (Å²) in [5.74, 6) is -3.20. The lowest BCUT2D eigenvalue weighted by Gasteiger charge is -2.35. The monoisotopic (exact) mass is 388 g/mol. The van der Waals surface area contributed by atoms with Crippen LogP contribution >= 0.6 is 0 Å². The zero-order valence-corrected chi connectivity index (χ0v) is 15.5. The van der Waals surface area contributed by atoms with Crippen LogP contribution in [0.25, 0.3) is 0 Å². The van der Waals surface area contributed by atoms with Gasteiger partial charge in [0.1, 0.15) is 11.6 Å². The van der Waals surface area contributed by atoms with E-state index in [2.05, 4.69) is 5.32 Å². The Hall–Kier alpha value is -2.80. The second kappa shape index (κ2) is 8.48. The number of carboxylic acid groups (broad SMARTS) is 1. The lowest BCUT2D eigenvalue weighted by atomic mass is 9.88. The molecule has 5 nitrogen and oxygen atoms in total. The molecule has 3 rings (SSSR count). The maximum atomic E-state index is 13.8. The van der Waals surface area contributed by atoms with Gasteiger partial charge in [-0.15, -0.1) is 0 Å². The third kappa shape index (κ3) is 4.72. The van der Waals surface area contributed by atoms with Crippen molar-refractivity contribution in [2.45, 2.75) is 19.9 Å². The summed E-state index contributed by atoms with van der Waals surface area (Å²) in [5.41, 5.74) is 1.74. The average molecular weight is 388 g/mol. The fourth-order valence-corrected chi connectivity index (χ4v) is 3.53. The SMILES string of the molecule is Cc1c(F)cccc1CN1C[C@H](C(=O)O)C[C@@H](C(=O)Nc2ccc(F)cc2)C1. The van der Waals surface area contributed by atoms with Crippen LogP contribution in [0.15, 0.2) is 42.5 Å². The highest BCUT2D eigenvalue weighted by molar-refractivity contribution is 5.93. The smallest absolute Gasteiger partial charge is 0.307 e. The molecule has 0 radical (unpaired) electrons. The molecule has 1 heterocycles. The van der Waals surface area contributed by atoms with Crippen LogP contribution < -0.4 is 5.32 Å². The minimum atomic E-state index is -0.958. The Morgan fingerprint density at radius 2 is 1.79 bits per heavy atom. The normalized spacial score (nSPS) is 20.0. The predicted molar refractivity (Wildman–Crippen MR) is 101 cm³/mol. The third-order valence-electron chi connectivity index (χ3n) is 5.13. The molecule has 0 saturated carbocycles. The van der Waals surface area contributed by atoms with Crippen LogP contribution in [0.4, 0.5) is 14.5 Å². The molecule has 2 aromatic rings. The van der Waals surface area contributed by atoms with Crippen molar-refractivity contribution in [1.29, 1.82) is 0 Å². The van der Waals surface area contributed by atoms with E-state index in [0.29, 0.717) is 30.9 Å². The molecule has 2 aromatic carbocycles. The molecule has 1 saturated heterocycles. The molecular formula is C21H22F2N2O3. The van der Waals surface area contributed by atoms with Crippen LogP contribution in [0.2, 0.25) is 0 Å². The summed E-state index contributed by atoms with van der Waals surface area (Å²) >= 11 is 0. The van der Waals surface area contributed by atoms with E-state index >= 15 is 0 Å². The lowest BCUT2D eigenvalue weighted by molar-refractivity contribution is -0.145. The Morgan fingerprint density at radius 3 is 2.46 bits per heavy atom. The van der Waals surface area contributed by atoms with Crippen LogP contribution in [-0.2, 0) is 16.1 Å². The molecule has 1 amide bonds. The summed E-state index contributed by atoms with van der Waals surface area (Å²) in [7, 11) is 0. The highest BCUT2D eigenvalue weighted by Crippen LogP contribution is 2.26. The number of carboxylic acids is 1. The molecule has 1 aliphatic heterocycles. The van der Waals surface area contributed by atoms with E-state index in [1.807, 2.05) is 4.90 Å². The first kappa shape index (κ1) is 19.9.